The van der Waals surface area contributed by atoms with Crippen molar-refractivity contribution >= 4 is 22.9 Å². The van der Waals surface area contributed by atoms with Crippen LogP contribution in [0.2, 0.25) is 0 Å². The van der Waals surface area contributed by atoms with Crippen LogP contribution in [0.1, 0.15) is 53.3 Å². The lowest BCUT2D eigenvalue weighted by Crippen LogP contribution is -2.44. The van der Waals surface area contributed by atoms with E-state index in [4.69, 9.17) is 4.74 Å². The average molecular weight is 436 g/mol. The summed E-state index contributed by atoms with van der Waals surface area (Å²) in [5.41, 5.74) is 0.275. The molecule has 166 valence electrons. The quantitative estimate of drug-likeness (QED) is 0.588. The lowest BCUT2D eigenvalue weighted by Gasteiger charge is -2.16. The van der Waals surface area contributed by atoms with Crippen LogP contribution in [0.3, 0.4) is 0 Å². The van der Waals surface area contributed by atoms with Gasteiger partial charge in [-0.15, -0.1) is 0 Å². The second kappa shape index (κ2) is 8.41. The van der Waals surface area contributed by atoms with E-state index in [1.54, 1.807) is 6.07 Å². The molecule has 1 atom stereocenters. The van der Waals surface area contributed by atoms with E-state index in [0.29, 0.717) is 5.69 Å². The molecule has 2 heterocycles. The minimum absolute atomic E-state index is 0.0349. The van der Waals surface area contributed by atoms with Crippen LogP contribution in [0.25, 0.3) is 11.0 Å². The topological polar surface area (TPSA) is 112 Å². The van der Waals surface area contributed by atoms with E-state index in [9.17, 15) is 19.2 Å². The second-order valence-electron chi connectivity index (χ2n) is 7.99. The molecule has 1 saturated carbocycles. The molecule has 0 unspecified atom stereocenters. The molecule has 1 N–H and O–H groups in total. The van der Waals surface area contributed by atoms with Crippen LogP contribution in [0, 0.1) is 0 Å². The number of nitrogens with zero attached hydrogens (tertiary/aromatic N) is 3. The van der Waals surface area contributed by atoms with E-state index in [2.05, 4.69) is 10.3 Å². The Balaban J connectivity index is 1.76. The van der Waals surface area contributed by atoms with Crippen molar-refractivity contribution in [3.8, 4) is 0 Å². The molecule has 32 heavy (non-hydrogen) atoms. The minimum Gasteiger partial charge on any atom is -0.465 e. The monoisotopic (exact) mass is 436 g/mol. The SMILES string of the molecule is COC(=O)c1cc(C2CC2)nc2c1c(=O)n(CC(=O)N[C@@H](C)c1ccccc1)c(=O)n2C. The highest BCUT2D eigenvalue weighted by Gasteiger charge is 2.29. The first-order chi connectivity index (χ1) is 15.3. The van der Waals surface area contributed by atoms with Crippen LogP contribution >= 0.6 is 0 Å². The van der Waals surface area contributed by atoms with Crippen molar-refractivity contribution in [2.24, 2.45) is 7.05 Å². The molecule has 0 spiro atoms. The van der Waals surface area contributed by atoms with Crippen LogP contribution in [0.4, 0.5) is 0 Å². The molecule has 1 aliphatic carbocycles. The summed E-state index contributed by atoms with van der Waals surface area (Å²) in [5, 5.41) is 2.76. The van der Waals surface area contributed by atoms with Gasteiger partial charge in [0.1, 0.15) is 12.2 Å². The molecular weight excluding hydrogens is 412 g/mol. The third-order valence-electron chi connectivity index (χ3n) is 5.69. The van der Waals surface area contributed by atoms with E-state index in [-0.39, 0.29) is 28.6 Å². The Hall–Kier alpha value is -3.75. The number of pyridine rings is 1. The Bertz CT molecular complexity index is 1320. The van der Waals surface area contributed by atoms with Crippen molar-refractivity contribution < 1.29 is 14.3 Å². The highest BCUT2D eigenvalue weighted by molar-refractivity contribution is 6.02. The van der Waals surface area contributed by atoms with Crippen LogP contribution in [0.5, 0.6) is 0 Å². The Morgan fingerprint density at radius 2 is 1.91 bits per heavy atom. The predicted octanol–water partition coefficient (Wildman–Crippen LogP) is 1.64. The number of aryl methyl sites for hydroxylation is 1. The number of fused-ring (bicyclic) bond motifs is 1. The average Bonchev–Trinajstić information content (AvgIpc) is 3.65. The molecule has 1 aromatic carbocycles. The number of nitrogens with one attached hydrogen (secondary N) is 1. The van der Waals surface area contributed by atoms with Crippen LogP contribution in [-0.2, 0) is 23.1 Å². The van der Waals surface area contributed by atoms with Crippen LogP contribution in [0.15, 0.2) is 46.0 Å². The van der Waals surface area contributed by atoms with Crippen molar-refractivity contribution in [3.63, 3.8) is 0 Å². The first-order valence-corrected chi connectivity index (χ1v) is 10.4. The maximum absolute atomic E-state index is 13.3. The van der Waals surface area contributed by atoms with Gasteiger partial charge >= 0.3 is 11.7 Å². The number of aromatic nitrogens is 3. The summed E-state index contributed by atoms with van der Waals surface area (Å²) >= 11 is 0. The normalized spacial score (nSPS) is 14.2. The van der Waals surface area contributed by atoms with Gasteiger partial charge in [-0.3, -0.25) is 18.7 Å². The first kappa shape index (κ1) is 21.5. The number of amides is 1. The molecule has 1 fully saturated rings. The summed E-state index contributed by atoms with van der Waals surface area (Å²) in [5.74, 6) is -0.989. The van der Waals surface area contributed by atoms with Crippen molar-refractivity contribution in [2.45, 2.75) is 38.3 Å². The number of ether oxygens (including phenoxy) is 1. The molecule has 9 nitrogen and oxygen atoms in total. The van der Waals surface area contributed by atoms with Gasteiger partial charge in [-0.2, -0.15) is 0 Å². The van der Waals surface area contributed by atoms with Crippen molar-refractivity contribution in [3.05, 3.63) is 74.1 Å². The number of hydrogen-bond acceptors (Lipinski definition) is 6. The second-order valence-corrected chi connectivity index (χ2v) is 7.99. The van der Waals surface area contributed by atoms with E-state index < -0.39 is 29.7 Å². The number of rotatable bonds is 6. The molecule has 1 amide bonds. The Kier molecular flexibility index (Phi) is 5.65. The third-order valence-corrected chi connectivity index (χ3v) is 5.69. The summed E-state index contributed by atoms with van der Waals surface area (Å²) in [4.78, 5) is 55.8. The third kappa shape index (κ3) is 3.93. The van der Waals surface area contributed by atoms with E-state index in [1.165, 1.54) is 18.7 Å². The predicted molar refractivity (Wildman–Crippen MR) is 118 cm³/mol. The number of methoxy groups -OCH3 is 1. The summed E-state index contributed by atoms with van der Waals surface area (Å²) < 4.78 is 6.88. The van der Waals surface area contributed by atoms with Gasteiger partial charge in [0.25, 0.3) is 5.56 Å². The summed E-state index contributed by atoms with van der Waals surface area (Å²) in [6, 6.07) is 10.6. The summed E-state index contributed by atoms with van der Waals surface area (Å²) in [6.07, 6.45) is 1.87. The molecule has 9 heteroatoms. The highest BCUT2D eigenvalue weighted by Crippen LogP contribution is 2.39. The minimum atomic E-state index is -0.749. The molecule has 0 aliphatic heterocycles. The van der Waals surface area contributed by atoms with Crippen LogP contribution in [-0.4, -0.2) is 33.1 Å². The first-order valence-electron chi connectivity index (χ1n) is 10.4. The van der Waals surface area contributed by atoms with Crippen LogP contribution < -0.4 is 16.6 Å². The van der Waals surface area contributed by atoms with Crippen molar-refractivity contribution in [1.29, 1.82) is 0 Å². The van der Waals surface area contributed by atoms with Gasteiger partial charge in [-0.1, -0.05) is 30.3 Å². The zero-order chi connectivity index (χ0) is 23.0. The molecule has 0 bridgehead atoms. The van der Waals surface area contributed by atoms with E-state index in [1.807, 2.05) is 37.3 Å². The summed E-state index contributed by atoms with van der Waals surface area (Å²) in [6.45, 7) is 1.33. The molecule has 0 radical (unpaired) electrons. The number of carbonyl (C=O) groups is 2. The van der Waals surface area contributed by atoms with Gasteiger partial charge in [0, 0.05) is 18.7 Å². The van der Waals surface area contributed by atoms with Gasteiger partial charge in [0.05, 0.1) is 24.1 Å². The van der Waals surface area contributed by atoms with Gasteiger partial charge < -0.3 is 10.1 Å². The molecule has 4 rings (SSSR count). The van der Waals surface area contributed by atoms with E-state index in [0.717, 1.165) is 23.0 Å². The van der Waals surface area contributed by atoms with Gasteiger partial charge in [-0.25, -0.2) is 14.6 Å². The lowest BCUT2D eigenvalue weighted by molar-refractivity contribution is -0.122. The van der Waals surface area contributed by atoms with Gasteiger partial charge in [0.2, 0.25) is 5.91 Å². The molecule has 1 aliphatic rings. The van der Waals surface area contributed by atoms with Crippen molar-refractivity contribution in [1.82, 2.24) is 19.4 Å². The van der Waals surface area contributed by atoms with E-state index >= 15 is 0 Å². The standard InChI is InChI=1S/C23H24N4O5/c1-13(14-7-5-4-6-8-14)24-18(28)12-27-21(29)19-16(22(30)32-3)11-17(15-9-10-15)25-20(19)26(2)23(27)31/h4-8,11,13,15H,9-10,12H2,1-3H3,(H,24,28)/t13-/m0/s1. The summed E-state index contributed by atoms with van der Waals surface area (Å²) in [7, 11) is 2.69. The fourth-order valence-electron chi connectivity index (χ4n) is 3.75. The smallest absolute Gasteiger partial charge is 0.338 e. The largest absolute Gasteiger partial charge is 0.465 e. The zero-order valence-electron chi connectivity index (χ0n) is 18.1. The fraction of sp³-hybridized carbons (Fsp3) is 0.348. The molecular formula is C23H24N4O5. The van der Waals surface area contributed by atoms with Crippen molar-refractivity contribution in [2.75, 3.05) is 7.11 Å². The van der Waals surface area contributed by atoms with Gasteiger partial charge in [-0.05, 0) is 31.4 Å². The number of esters is 1. The Morgan fingerprint density at radius 1 is 1.22 bits per heavy atom. The number of carbonyl (C=O) groups excluding carboxylic acids is 2. The fourth-order valence-corrected chi connectivity index (χ4v) is 3.75. The zero-order valence-corrected chi connectivity index (χ0v) is 18.1. The Labute approximate surface area is 183 Å². The molecule has 3 aromatic rings. The number of benzene rings is 1. The maximum Gasteiger partial charge on any atom is 0.338 e. The molecule has 0 saturated heterocycles. The maximum atomic E-state index is 13.3. The highest BCUT2D eigenvalue weighted by atomic mass is 16.5. The van der Waals surface area contributed by atoms with Gasteiger partial charge in [0.15, 0.2) is 0 Å². The molecule has 2 aromatic heterocycles. The Morgan fingerprint density at radius 3 is 2.53 bits per heavy atom. The number of hydrogen-bond donors (Lipinski definition) is 1. The lowest BCUT2D eigenvalue weighted by atomic mass is 10.1.